The number of hydrogen-bond donors (Lipinski definition) is 0. The van der Waals surface area contributed by atoms with Gasteiger partial charge in [-0.1, -0.05) is 49.4 Å². The molecule has 34 heavy (non-hydrogen) atoms. The Hall–Kier alpha value is -3.26. The number of sulfone groups is 1. The van der Waals surface area contributed by atoms with Crippen molar-refractivity contribution in [1.29, 1.82) is 0 Å². The highest BCUT2D eigenvalue weighted by molar-refractivity contribution is 7.91. The molecule has 5 rings (SSSR count). The summed E-state index contributed by atoms with van der Waals surface area (Å²) in [6, 6.07) is 18.8. The van der Waals surface area contributed by atoms with Gasteiger partial charge in [-0.15, -0.1) is 8.78 Å². The molecule has 1 heterocycles. The molecule has 1 fully saturated rings. The minimum Gasteiger partial charge on any atom is -0.395 e. The minimum absolute atomic E-state index is 0.0136. The fourth-order valence-corrected chi connectivity index (χ4v) is 5.22. The van der Waals surface area contributed by atoms with Gasteiger partial charge in [-0.2, -0.15) is 0 Å². The summed E-state index contributed by atoms with van der Waals surface area (Å²) in [5, 5.41) is 0. The Morgan fingerprint density at radius 3 is 2.29 bits per heavy atom. The Labute approximate surface area is 196 Å². The molecule has 0 N–H and O–H groups in total. The second-order valence-corrected chi connectivity index (χ2v) is 10.9. The van der Waals surface area contributed by atoms with Crippen LogP contribution < -0.4 is 9.47 Å². The lowest BCUT2D eigenvalue weighted by Crippen LogP contribution is -2.26. The lowest BCUT2D eigenvalue weighted by molar-refractivity contribution is -0.286. The summed E-state index contributed by atoms with van der Waals surface area (Å²) in [4.78, 5) is 13.6. The van der Waals surface area contributed by atoms with Crippen molar-refractivity contribution in [1.82, 2.24) is 0 Å². The predicted molar refractivity (Wildman–Crippen MR) is 122 cm³/mol. The molecule has 176 valence electrons. The molecule has 1 saturated carbocycles. The van der Waals surface area contributed by atoms with Gasteiger partial charge in [0.05, 0.1) is 16.1 Å². The van der Waals surface area contributed by atoms with E-state index in [0.717, 1.165) is 16.7 Å². The molecule has 1 aliphatic carbocycles. The fraction of sp³-hybridized carbons (Fsp3) is 0.269. The van der Waals surface area contributed by atoms with E-state index < -0.39 is 21.5 Å². The van der Waals surface area contributed by atoms with E-state index in [9.17, 15) is 22.0 Å². The van der Waals surface area contributed by atoms with Crippen LogP contribution in [0.1, 0.15) is 30.9 Å². The van der Waals surface area contributed by atoms with Crippen LogP contribution in [0.3, 0.4) is 0 Å². The van der Waals surface area contributed by atoms with Crippen LogP contribution in [0.25, 0.3) is 11.1 Å². The van der Waals surface area contributed by atoms with Gasteiger partial charge in [0.15, 0.2) is 21.3 Å². The number of fused-ring (bicyclic) bond motifs is 1. The largest absolute Gasteiger partial charge is 0.586 e. The Kier molecular flexibility index (Phi) is 5.24. The van der Waals surface area contributed by atoms with Gasteiger partial charge < -0.3 is 9.47 Å². The van der Waals surface area contributed by atoms with E-state index in [1.54, 1.807) is 37.3 Å². The molecule has 8 heteroatoms. The zero-order valence-corrected chi connectivity index (χ0v) is 19.2. The number of ether oxygens (including phenoxy) is 2. The van der Waals surface area contributed by atoms with Crippen LogP contribution in [0.5, 0.6) is 11.5 Å². The highest BCUT2D eigenvalue weighted by Gasteiger charge is 2.52. The van der Waals surface area contributed by atoms with Crippen molar-refractivity contribution in [3.8, 4) is 22.6 Å². The SMILES string of the molecule is CCS(=O)(=O)c1ccc(-c2cccc(CC(=O)C3(c4ccc5c(c4)OC(F)(F)O5)CC3)c2)cc1. The molecule has 3 aromatic rings. The van der Waals surface area contributed by atoms with Gasteiger partial charge in [0.25, 0.3) is 0 Å². The summed E-state index contributed by atoms with van der Waals surface area (Å²) in [5.41, 5.74) is 2.50. The normalized spacial score (nSPS) is 17.4. The molecule has 0 unspecified atom stereocenters. The first-order chi connectivity index (χ1) is 16.1. The number of alkyl halides is 2. The van der Waals surface area contributed by atoms with Gasteiger partial charge in [0, 0.05) is 6.42 Å². The molecule has 3 aromatic carbocycles. The zero-order valence-electron chi connectivity index (χ0n) is 18.4. The summed E-state index contributed by atoms with van der Waals surface area (Å²) in [7, 11) is -3.27. The average molecular weight is 485 g/mol. The van der Waals surface area contributed by atoms with Crippen molar-refractivity contribution in [2.75, 3.05) is 5.75 Å². The second kappa shape index (κ2) is 7.91. The lowest BCUT2D eigenvalue weighted by atomic mass is 9.87. The van der Waals surface area contributed by atoms with E-state index in [0.29, 0.717) is 18.4 Å². The second-order valence-electron chi connectivity index (χ2n) is 8.64. The molecule has 0 bridgehead atoms. The summed E-state index contributed by atoms with van der Waals surface area (Å²) >= 11 is 0. The molecular formula is C26H22F2O5S. The molecule has 0 spiro atoms. The third-order valence-corrected chi connectivity index (χ3v) is 8.21. The number of carbonyl (C=O) groups excluding carboxylic acids is 1. The van der Waals surface area contributed by atoms with E-state index in [-0.39, 0.29) is 34.4 Å². The van der Waals surface area contributed by atoms with E-state index in [2.05, 4.69) is 9.47 Å². The molecule has 1 aliphatic heterocycles. The predicted octanol–water partition coefficient (Wildman–Crippen LogP) is 5.31. The monoisotopic (exact) mass is 484 g/mol. The van der Waals surface area contributed by atoms with Crippen molar-refractivity contribution in [3.63, 3.8) is 0 Å². The molecule has 0 amide bonds. The summed E-state index contributed by atoms with van der Waals surface area (Å²) in [5.74, 6) is -0.0449. The maximum absolute atomic E-state index is 13.4. The Bertz CT molecular complexity index is 1380. The lowest BCUT2D eigenvalue weighted by Gasteiger charge is -2.15. The number of halogens is 2. The summed E-state index contributed by atoms with van der Waals surface area (Å²) in [6.07, 6.45) is -2.20. The van der Waals surface area contributed by atoms with Crippen molar-refractivity contribution >= 4 is 15.6 Å². The first-order valence-corrected chi connectivity index (χ1v) is 12.6. The third kappa shape index (κ3) is 4.07. The van der Waals surface area contributed by atoms with Gasteiger partial charge in [-0.25, -0.2) is 8.42 Å². The van der Waals surface area contributed by atoms with Crippen LogP contribution in [0.2, 0.25) is 0 Å². The van der Waals surface area contributed by atoms with Gasteiger partial charge in [-0.05, 0) is 59.4 Å². The smallest absolute Gasteiger partial charge is 0.395 e. The average Bonchev–Trinajstić information content (AvgIpc) is 3.56. The molecule has 0 aromatic heterocycles. The number of ketones is 1. The molecule has 0 saturated heterocycles. The van der Waals surface area contributed by atoms with E-state index in [1.807, 2.05) is 24.3 Å². The highest BCUT2D eigenvalue weighted by atomic mass is 32.2. The van der Waals surface area contributed by atoms with Gasteiger partial charge in [0.2, 0.25) is 0 Å². The fourth-order valence-electron chi connectivity index (χ4n) is 4.34. The zero-order chi connectivity index (χ0) is 24.1. The van der Waals surface area contributed by atoms with Crippen LogP contribution in [-0.2, 0) is 26.5 Å². The Morgan fingerprint density at radius 2 is 1.62 bits per heavy atom. The van der Waals surface area contributed by atoms with Crippen molar-refractivity contribution < 1.29 is 31.5 Å². The summed E-state index contributed by atoms with van der Waals surface area (Å²) < 4.78 is 59.8. The highest BCUT2D eigenvalue weighted by Crippen LogP contribution is 2.52. The van der Waals surface area contributed by atoms with Crippen molar-refractivity contribution in [3.05, 3.63) is 77.9 Å². The maximum Gasteiger partial charge on any atom is 0.586 e. The Balaban J connectivity index is 1.35. The van der Waals surface area contributed by atoms with Crippen LogP contribution in [-0.4, -0.2) is 26.2 Å². The summed E-state index contributed by atoms with van der Waals surface area (Å²) in [6.45, 7) is 1.61. The van der Waals surface area contributed by atoms with E-state index in [1.165, 1.54) is 12.1 Å². The van der Waals surface area contributed by atoms with Gasteiger partial charge >= 0.3 is 6.29 Å². The minimum atomic E-state index is -3.69. The van der Waals surface area contributed by atoms with E-state index >= 15 is 0 Å². The van der Waals surface area contributed by atoms with Crippen LogP contribution in [0.15, 0.2) is 71.6 Å². The number of rotatable bonds is 7. The number of Topliss-reactive ketones (excluding diaryl/α,β-unsaturated/α-hetero) is 1. The molecular weight excluding hydrogens is 462 g/mol. The standard InChI is InChI=1S/C26H22F2O5S/c1-2-34(30,31)21-9-6-18(7-10-21)19-5-3-4-17(14-19)15-24(29)25(12-13-25)20-8-11-22-23(16-20)33-26(27,28)32-22/h3-11,14,16H,2,12-13,15H2,1H3. The van der Waals surface area contributed by atoms with E-state index in [4.69, 9.17) is 0 Å². The first-order valence-electron chi connectivity index (χ1n) is 11.0. The van der Waals surface area contributed by atoms with Crippen LogP contribution in [0, 0.1) is 0 Å². The molecule has 2 aliphatic rings. The quantitative estimate of drug-likeness (QED) is 0.455. The maximum atomic E-state index is 13.4. The van der Waals surface area contributed by atoms with Gasteiger partial charge in [0.1, 0.15) is 5.78 Å². The van der Waals surface area contributed by atoms with Crippen molar-refractivity contribution in [2.45, 2.75) is 42.8 Å². The van der Waals surface area contributed by atoms with Crippen LogP contribution >= 0.6 is 0 Å². The molecule has 0 atom stereocenters. The molecule has 5 nitrogen and oxygen atoms in total. The Morgan fingerprint density at radius 1 is 0.912 bits per heavy atom. The third-order valence-electron chi connectivity index (χ3n) is 6.46. The first kappa shape index (κ1) is 22.5. The van der Waals surface area contributed by atoms with Gasteiger partial charge in [-0.3, -0.25) is 4.79 Å². The number of benzene rings is 3. The topological polar surface area (TPSA) is 69.7 Å². The van der Waals surface area contributed by atoms with Crippen molar-refractivity contribution in [2.24, 2.45) is 0 Å². The number of hydrogen-bond acceptors (Lipinski definition) is 5. The number of carbonyl (C=O) groups is 1. The van der Waals surface area contributed by atoms with Crippen LogP contribution in [0.4, 0.5) is 8.78 Å². The molecule has 0 radical (unpaired) electrons.